The number of amides is 2. The van der Waals surface area contributed by atoms with Crippen LogP contribution in [-0.2, 0) is 7.05 Å². The van der Waals surface area contributed by atoms with Crippen LogP contribution in [0.4, 0.5) is 0 Å². The molecule has 0 unspecified atom stereocenters. The van der Waals surface area contributed by atoms with E-state index < -0.39 is 11.8 Å². The van der Waals surface area contributed by atoms with Crippen LogP contribution >= 0.6 is 11.6 Å². The maximum atomic E-state index is 12.4. The number of aryl methyl sites for hydroxylation is 1. The number of benzene rings is 2. The molecule has 5 nitrogen and oxygen atoms in total. The highest BCUT2D eigenvalue weighted by Crippen LogP contribution is 2.41. The Hall–Kier alpha value is -2.79. The third-order valence-corrected chi connectivity index (χ3v) is 4.60. The van der Waals surface area contributed by atoms with E-state index in [2.05, 4.69) is 5.32 Å². The van der Waals surface area contributed by atoms with E-state index in [9.17, 15) is 9.59 Å². The van der Waals surface area contributed by atoms with Crippen molar-refractivity contribution >= 4 is 34.3 Å². The predicted octanol–water partition coefficient (Wildman–Crippen LogP) is 3.39. The van der Waals surface area contributed by atoms with Crippen LogP contribution < -0.4 is 10.1 Å². The molecule has 0 saturated carbocycles. The fourth-order valence-corrected chi connectivity index (χ4v) is 3.60. The van der Waals surface area contributed by atoms with Gasteiger partial charge in [-0.05, 0) is 12.1 Å². The Morgan fingerprint density at radius 1 is 1.08 bits per heavy atom. The summed E-state index contributed by atoms with van der Waals surface area (Å²) in [5.41, 5.74) is 2.84. The first-order valence-corrected chi connectivity index (χ1v) is 7.71. The lowest BCUT2D eigenvalue weighted by molar-refractivity contribution is 0.0880. The standard InChI is InChI=1S/C18H13ClN2O3/c1-21-8-11(19)15-12(21)7-10(9-5-3-4-6-13(9)24-2)14-16(15)18(23)20-17(14)22/h3-8H,1-2H3,(H,20,22,23). The molecule has 0 aliphatic carbocycles. The highest BCUT2D eigenvalue weighted by Gasteiger charge is 2.34. The fraction of sp³-hybridized carbons (Fsp3) is 0.111. The van der Waals surface area contributed by atoms with E-state index in [1.165, 1.54) is 0 Å². The summed E-state index contributed by atoms with van der Waals surface area (Å²) in [6.07, 6.45) is 1.73. The SMILES string of the molecule is COc1ccccc1-c1cc2c(c(Cl)cn2C)c2c1C(=O)NC2=O. The maximum Gasteiger partial charge on any atom is 0.259 e. The van der Waals surface area contributed by atoms with Gasteiger partial charge in [-0.25, -0.2) is 0 Å². The Morgan fingerprint density at radius 3 is 2.54 bits per heavy atom. The van der Waals surface area contributed by atoms with Gasteiger partial charge in [-0.2, -0.15) is 0 Å². The van der Waals surface area contributed by atoms with Gasteiger partial charge in [0.25, 0.3) is 11.8 Å². The Morgan fingerprint density at radius 2 is 1.79 bits per heavy atom. The molecule has 0 bridgehead atoms. The number of carbonyl (C=O) groups is 2. The molecule has 0 fully saturated rings. The predicted molar refractivity (Wildman–Crippen MR) is 91.7 cm³/mol. The van der Waals surface area contributed by atoms with Crippen molar-refractivity contribution in [3.8, 4) is 16.9 Å². The molecule has 0 atom stereocenters. The zero-order valence-electron chi connectivity index (χ0n) is 13.0. The molecule has 1 aromatic heterocycles. The van der Waals surface area contributed by atoms with Crippen LogP contribution in [0.1, 0.15) is 20.7 Å². The lowest BCUT2D eigenvalue weighted by Gasteiger charge is -2.12. The van der Waals surface area contributed by atoms with Crippen molar-refractivity contribution in [2.45, 2.75) is 0 Å². The van der Waals surface area contributed by atoms with Gasteiger partial charge in [0, 0.05) is 29.8 Å². The van der Waals surface area contributed by atoms with Crippen molar-refractivity contribution in [1.82, 2.24) is 9.88 Å². The number of fused-ring (bicyclic) bond motifs is 3. The first-order chi connectivity index (χ1) is 11.5. The molecular formula is C18H13ClN2O3. The zero-order chi connectivity index (χ0) is 17.0. The van der Waals surface area contributed by atoms with Gasteiger partial charge in [-0.3, -0.25) is 14.9 Å². The van der Waals surface area contributed by atoms with E-state index in [0.717, 1.165) is 11.1 Å². The molecule has 1 aliphatic heterocycles. The lowest BCUT2D eigenvalue weighted by atomic mass is 9.93. The molecule has 2 amide bonds. The third-order valence-electron chi connectivity index (χ3n) is 4.31. The molecule has 1 N–H and O–H groups in total. The van der Waals surface area contributed by atoms with E-state index in [-0.39, 0.29) is 0 Å². The van der Waals surface area contributed by atoms with Crippen molar-refractivity contribution < 1.29 is 14.3 Å². The van der Waals surface area contributed by atoms with E-state index in [1.54, 1.807) is 13.3 Å². The number of nitrogens with one attached hydrogen (secondary N) is 1. The first-order valence-electron chi connectivity index (χ1n) is 7.33. The monoisotopic (exact) mass is 340 g/mol. The van der Waals surface area contributed by atoms with Gasteiger partial charge in [-0.1, -0.05) is 29.8 Å². The van der Waals surface area contributed by atoms with Crippen LogP contribution in [0, 0.1) is 0 Å². The average Bonchev–Trinajstić information content (AvgIpc) is 3.03. The minimum absolute atomic E-state index is 0.323. The molecular weight excluding hydrogens is 328 g/mol. The topological polar surface area (TPSA) is 60.3 Å². The van der Waals surface area contributed by atoms with Gasteiger partial charge in [0.05, 0.1) is 28.8 Å². The summed E-state index contributed by atoms with van der Waals surface area (Å²) in [5.74, 6) is -0.214. The maximum absolute atomic E-state index is 12.4. The molecule has 0 saturated heterocycles. The second-order valence-electron chi connectivity index (χ2n) is 5.64. The third kappa shape index (κ3) is 1.88. The van der Waals surface area contributed by atoms with Gasteiger partial charge >= 0.3 is 0 Å². The average molecular weight is 341 g/mol. The van der Waals surface area contributed by atoms with Crippen LogP contribution in [0.25, 0.3) is 22.0 Å². The number of methoxy groups -OCH3 is 1. The largest absolute Gasteiger partial charge is 0.496 e. The minimum atomic E-state index is -0.426. The van der Waals surface area contributed by atoms with Crippen molar-refractivity contribution in [2.24, 2.45) is 7.05 Å². The number of hydrogen-bond acceptors (Lipinski definition) is 3. The van der Waals surface area contributed by atoms with Crippen LogP contribution in [0.15, 0.2) is 36.5 Å². The Labute approximate surface area is 142 Å². The first kappa shape index (κ1) is 14.8. The molecule has 6 heteroatoms. The smallest absolute Gasteiger partial charge is 0.259 e. The van der Waals surface area contributed by atoms with Crippen LogP contribution in [0.5, 0.6) is 5.75 Å². The van der Waals surface area contributed by atoms with Gasteiger partial charge in [0.1, 0.15) is 5.75 Å². The van der Waals surface area contributed by atoms with E-state index in [4.69, 9.17) is 16.3 Å². The number of halogens is 1. The Balaban J connectivity index is 2.18. The molecule has 1 aliphatic rings. The van der Waals surface area contributed by atoms with Crippen LogP contribution in [-0.4, -0.2) is 23.5 Å². The quantitative estimate of drug-likeness (QED) is 0.727. The van der Waals surface area contributed by atoms with Crippen molar-refractivity contribution in [3.05, 3.63) is 52.7 Å². The summed E-state index contributed by atoms with van der Waals surface area (Å²) in [6, 6.07) is 9.27. The summed E-state index contributed by atoms with van der Waals surface area (Å²) in [4.78, 5) is 24.8. The van der Waals surface area contributed by atoms with Gasteiger partial charge in [0.15, 0.2) is 0 Å². The van der Waals surface area contributed by atoms with Crippen molar-refractivity contribution in [2.75, 3.05) is 7.11 Å². The molecule has 24 heavy (non-hydrogen) atoms. The number of para-hydroxylation sites is 1. The number of nitrogens with zero attached hydrogens (tertiary/aromatic N) is 1. The Kier molecular flexibility index (Phi) is 3.15. The highest BCUT2D eigenvalue weighted by atomic mass is 35.5. The number of imide groups is 1. The molecule has 4 rings (SSSR count). The summed E-state index contributed by atoms with van der Waals surface area (Å²) in [7, 11) is 3.42. The Bertz CT molecular complexity index is 1040. The number of ether oxygens (including phenoxy) is 1. The molecule has 2 heterocycles. The lowest BCUT2D eigenvalue weighted by Crippen LogP contribution is -2.20. The molecule has 0 radical (unpaired) electrons. The molecule has 0 spiro atoms. The number of hydrogen-bond donors (Lipinski definition) is 1. The second-order valence-corrected chi connectivity index (χ2v) is 6.05. The minimum Gasteiger partial charge on any atom is -0.496 e. The summed E-state index contributed by atoms with van der Waals surface area (Å²) >= 11 is 6.29. The fourth-order valence-electron chi connectivity index (χ4n) is 3.26. The summed E-state index contributed by atoms with van der Waals surface area (Å²) in [6.45, 7) is 0. The highest BCUT2D eigenvalue weighted by molar-refractivity contribution is 6.39. The zero-order valence-corrected chi connectivity index (χ0v) is 13.8. The van der Waals surface area contributed by atoms with Crippen LogP contribution in [0.2, 0.25) is 5.02 Å². The summed E-state index contributed by atoms with van der Waals surface area (Å²) in [5, 5.41) is 3.41. The van der Waals surface area contributed by atoms with Crippen LogP contribution in [0.3, 0.4) is 0 Å². The molecule has 3 aromatic rings. The number of carbonyl (C=O) groups excluding carboxylic acids is 2. The van der Waals surface area contributed by atoms with Gasteiger partial charge in [0.2, 0.25) is 0 Å². The van der Waals surface area contributed by atoms with Crippen molar-refractivity contribution in [3.63, 3.8) is 0 Å². The molecule has 120 valence electrons. The normalized spacial score (nSPS) is 13.3. The number of aromatic nitrogens is 1. The van der Waals surface area contributed by atoms with Gasteiger partial charge < -0.3 is 9.30 Å². The summed E-state index contributed by atoms with van der Waals surface area (Å²) < 4.78 is 7.26. The van der Waals surface area contributed by atoms with Crippen molar-refractivity contribution in [1.29, 1.82) is 0 Å². The van der Waals surface area contributed by atoms with E-state index in [1.807, 2.05) is 41.9 Å². The number of rotatable bonds is 2. The van der Waals surface area contributed by atoms with E-state index in [0.29, 0.717) is 32.8 Å². The van der Waals surface area contributed by atoms with Gasteiger partial charge in [-0.15, -0.1) is 0 Å². The molecule has 2 aromatic carbocycles. The second kappa shape index (κ2) is 5.11. The van der Waals surface area contributed by atoms with E-state index >= 15 is 0 Å².